The van der Waals surface area contributed by atoms with Crippen LogP contribution in [0.2, 0.25) is 0 Å². The Kier molecular flexibility index (Phi) is 4.28. The van der Waals surface area contributed by atoms with Gasteiger partial charge in [0.15, 0.2) is 17.1 Å². The summed E-state index contributed by atoms with van der Waals surface area (Å²) in [7, 11) is 2.88. The van der Waals surface area contributed by atoms with Crippen molar-refractivity contribution in [1.29, 1.82) is 0 Å². The van der Waals surface area contributed by atoms with Crippen molar-refractivity contribution in [1.82, 2.24) is 4.98 Å². The summed E-state index contributed by atoms with van der Waals surface area (Å²) in [6.45, 7) is 0.564. The lowest BCUT2D eigenvalue weighted by molar-refractivity contribution is -0.145. The molecule has 7 heteroatoms. The molecule has 1 saturated heterocycles. The molecule has 2 aromatic rings. The molecule has 0 saturated carbocycles. The number of rotatable bonds is 5. The molecule has 1 aliphatic rings. The molecule has 24 heavy (non-hydrogen) atoms. The lowest BCUT2D eigenvalue weighted by Gasteiger charge is -2.35. The molecule has 1 fully saturated rings. The van der Waals surface area contributed by atoms with Gasteiger partial charge in [-0.3, -0.25) is 0 Å². The van der Waals surface area contributed by atoms with Gasteiger partial charge in [0.1, 0.15) is 5.82 Å². The van der Waals surface area contributed by atoms with Crippen molar-refractivity contribution in [3.63, 3.8) is 0 Å². The highest BCUT2D eigenvalue weighted by molar-refractivity contribution is 5.96. The van der Waals surface area contributed by atoms with Crippen LogP contribution in [0.4, 0.5) is 10.2 Å². The van der Waals surface area contributed by atoms with Crippen molar-refractivity contribution >= 4 is 22.6 Å². The number of hydrogen-bond donors (Lipinski definition) is 1. The van der Waals surface area contributed by atoms with Crippen LogP contribution in [0.25, 0.3) is 10.8 Å². The number of halogens is 1. The molecule has 0 amide bonds. The number of hydrogen-bond acceptors (Lipinski definition) is 5. The average molecular weight is 334 g/mol. The molecule has 0 radical (unpaired) electrons. The maximum atomic E-state index is 14.2. The van der Waals surface area contributed by atoms with Gasteiger partial charge in [0, 0.05) is 25.2 Å². The monoisotopic (exact) mass is 334 g/mol. The summed E-state index contributed by atoms with van der Waals surface area (Å²) in [5, 5.41) is 11.1. The fourth-order valence-electron chi connectivity index (χ4n) is 3.39. The Bertz CT molecular complexity index is 783. The molecule has 0 aliphatic carbocycles. The molecule has 0 spiro atoms. The Hall–Kier alpha value is -2.41. The Morgan fingerprint density at radius 1 is 1.46 bits per heavy atom. The van der Waals surface area contributed by atoms with Crippen LogP contribution in [0.5, 0.6) is 5.75 Å². The smallest absolute Gasteiger partial charge is 0.332 e. The van der Waals surface area contributed by atoms with Crippen molar-refractivity contribution in [2.75, 3.05) is 32.3 Å². The van der Waals surface area contributed by atoms with Crippen LogP contribution in [0.15, 0.2) is 24.4 Å². The molecular weight excluding hydrogens is 315 g/mol. The summed E-state index contributed by atoms with van der Waals surface area (Å²) in [4.78, 5) is 18.0. The van der Waals surface area contributed by atoms with E-state index in [4.69, 9.17) is 9.47 Å². The van der Waals surface area contributed by atoms with Crippen molar-refractivity contribution in [2.45, 2.75) is 18.4 Å². The summed E-state index contributed by atoms with van der Waals surface area (Å²) in [5.74, 6) is -0.880. The molecule has 6 nitrogen and oxygen atoms in total. The normalized spacial score (nSPS) is 20.5. The lowest BCUT2D eigenvalue weighted by Crippen LogP contribution is -2.54. The van der Waals surface area contributed by atoms with Gasteiger partial charge in [-0.1, -0.05) is 0 Å². The van der Waals surface area contributed by atoms with Crippen LogP contribution in [0, 0.1) is 5.82 Å². The predicted octanol–water partition coefficient (Wildman–Crippen LogP) is 2.45. The number of fused-ring (bicyclic) bond motifs is 1. The third kappa shape index (κ3) is 2.45. The second-order valence-electron chi connectivity index (χ2n) is 5.87. The van der Waals surface area contributed by atoms with Crippen LogP contribution in [-0.4, -0.2) is 49.0 Å². The number of carboxylic acids is 1. The van der Waals surface area contributed by atoms with Gasteiger partial charge in [-0.25, -0.2) is 14.2 Å². The number of pyridine rings is 1. The molecule has 3 rings (SSSR count). The highest BCUT2D eigenvalue weighted by Crippen LogP contribution is 2.38. The van der Waals surface area contributed by atoms with Crippen LogP contribution in [0.1, 0.15) is 12.8 Å². The number of carbonyl (C=O) groups is 1. The number of aliphatic carboxylic acids is 1. The fraction of sp³-hybridized carbons (Fsp3) is 0.412. The van der Waals surface area contributed by atoms with E-state index in [1.165, 1.54) is 20.3 Å². The SMILES string of the molecule is COCC1(C(=O)O)CCCN1c1nccc2cc(OC)c(F)cc12. The Morgan fingerprint density at radius 2 is 2.25 bits per heavy atom. The third-order valence-electron chi connectivity index (χ3n) is 4.54. The number of ether oxygens (including phenoxy) is 2. The highest BCUT2D eigenvalue weighted by Gasteiger charge is 2.49. The molecule has 0 bridgehead atoms. The standard InChI is InChI=1S/C17H19FN2O4/c1-23-10-17(16(21)22)5-3-7-20(17)15-12-9-13(18)14(24-2)8-11(12)4-6-19-15/h4,6,8-9H,3,5,7,10H2,1-2H3,(H,21,22). The lowest BCUT2D eigenvalue weighted by atomic mass is 9.97. The van der Waals surface area contributed by atoms with E-state index in [1.54, 1.807) is 23.2 Å². The maximum Gasteiger partial charge on any atom is 0.332 e. The van der Waals surface area contributed by atoms with Gasteiger partial charge in [0.25, 0.3) is 0 Å². The van der Waals surface area contributed by atoms with Crippen molar-refractivity contribution in [3.05, 3.63) is 30.2 Å². The van der Waals surface area contributed by atoms with E-state index >= 15 is 0 Å². The van der Waals surface area contributed by atoms with Gasteiger partial charge in [-0.05, 0) is 36.4 Å². The number of aromatic nitrogens is 1. The number of benzene rings is 1. The third-order valence-corrected chi connectivity index (χ3v) is 4.54. The summed E-state index contributed by atoms with van der Waals surface area (Å²) in [6.07, 6.45) is 2.74. The second-order valence-corrected chi connectivity index (χ2v) is 5.87. The molecular formula is C17H19FN2O4. The molecule has 1 aliphatic heterocycles. The Morgan fingerprint density at radius 3 is 2.92 bits per heavy atom. The molecule has 1 aromatic carbocycles. The van der Waals surface area contributed by atoms with Gasteiger partial charge >= 0.3 is 5.97 Å². The van der Waals surface area contributed by atoms with Gasteiger partial charge in [0.2, 0.25) is 0 Å². The van der Waals surface area contributed by atoms with Crippen molar-refractivity contribution in [3.8, 4) is 5.75 Å². The molecule has 2 heterocycles. The van der Waals surface area contributed by atoms with Crippen molar-refractivity contribution < 1.29 is 23.8 Å². The van der Waals surface area contributed by atoms with Crippen molar-refractivity contribution in [2.24, 2.45) is 0 Å². The van der Waals surface area contributed by atoms with Gasteiger partial charge in [-0.2, -0.15) is 0 Å². The number of anilines is 1. The van der Waals surface area contributed by atoms with E-state index in [0.29, 0.717) is 30.6 Å². The van der Waals surface area contributed by atoms with E-state index in [9.17, 15) is 14.3 Å². The second kappa shape index (κ2) is 6.24. The van der Waals surface area contributed by atoms with Crippen LogP contribution >= 0.6 is 0 Å². The van der Waals surface area contributed by atoms with Gasteiger partial charge in [0.05, 0.1) is 13.7 Å². The van der Waals surface area contributed by atoms with E-state index in [0.717, 1.165) is 5.39 Å². The van der Waals surface area contributed by atoms with E-state index in [1.807, 2.05) is 0 Å². The minimum Gasteiger partial charge on any atom is -0.494 e. The summed E-state index contributed by atoms with van der Waals surface area (Å²) in [5.41, 5.74) is -1.19. The van der Waals surface area contributed by atoms with E-state index in [-0.39, 0.29) is 12.4 Å². The molecule has 1 unspecified atom stereocenters. The van der Waals surface area contributed by atoms with Crippen LogP contribution in [-0.2, 0) is 9.53 Å². The average Bonchev–Trinajstić information content (AvgIpc) is 2.99. The predicted molar refractivity (Wildman–Crippen MR) is 87.1 cm³/mol. The Balaban J connectivity index is 2.18. The quantitative estimate of drug-likeness (QED) is 0.905. The molecule has 1 atom stereocenters. The maximum absolute atomic E-state index is 14.2. The van der Waals surface area contributed by atoms with Gasteiger partial charge in [-0.15, -0.1) is 0 Å². The minimum absolute atomic E-state index is 0.0407. The van der Waals surface area contributed by atoms with E-state index in [2.05, 4.69) is 4.98 Å². The number of nitrogens with zero attached hydrogens (tertiary/aromatic N) is 2. The first kappa shape index (κ1) is 16.4. The Labute approximate surface area is 138 Å². The summed E-state index contributed by atoms with van der Waals surface area (Å²) >= 11 is 0. The number of methoxy groups -OCH3 is 2. The van der Waals surface area contributed by atoms with Gasteiger partial charge < -0.3 is 19.5 Å². The first-order valence-electron chi connectivity index (χ1n) is 7.66. The minimum atomic E-state index is -1.19. The first-order valence-corrected chi connectivity index (χ1v) is 7.66. The zero-order chi connectivity index (χ0) is 17.3. The zero-order valence-electron chi connectivity index (χ0n) is 13.6. The summed E-state index contributed by atoms with van der Waals surface area (Å²) < 4.78 is 24.4. The van der Waals surface area contributed by atoms with Crippen LogP contribution < -0.4 is 9.64 Å². The summed E-state index contributed by atoms with van der Waals surface area (Å²) in [6, 6.07) is 4.68. The molecule has 128 valence electrons. The first-order chi connectivity index (χ1) is 11.5. The molecule has 1 aromatic heterocycles. The molecule has 1 N–H and O–H groups in total. The van der Waals surface area contributed by atoms with Crippen LogP contribution in [0.3, 0.4) is 0 Å². The topological polar surface area (TPSA) is 71.9 Å². The fourth-order valence-corrected chi connectivity index (χ4v) is 3.39. The largest absolute Gasteiger partial charge is 0.494 e. The van der Waals surface area contributed by atoms with E-state index < -0.39 is 17.3 Å². The highest BCUT2D eigenvalue weighted by atomic mass is 19.1. The zero-order valence-corrected chi connectivity index (χ0v) is 13.6. The number of carboxylic acid groups (broad SMARTS) is 1.